The van der Waals surface area contributed by atoms with Gasteiger partial charge >= 0.3 is 0 Å². The number of aliphatic hydroxyl groups is 1. The van der Waals surface area contributed by atoms with Crippen molar-refractivity contribution in [3.05, 3.63) is 64.3 Å². The normalized spacial score (nSPS) is 16.2. The predicted molar refractivity (Wildman–Crippen MR) is 135 cm³/mol. The number of aliphatic hydroxyl groups excluding tert-OH is 1. The number of halogens is 1. The molecule has 1 aliphatic rings. The van der Waals surface area contributed by atoms with Crippen LogP contribution in [0.3, 0.4) is 0 Å². The highest BCUT2D eigenvalue weighted by molar-refractivity contribution is 7.18. The molecule has 1 aliphatic heterocycles. The van der Waals surface area contributed by atoms with Gasteiger partial charge in [0.15, 0.2) is 5.76 Å². The largest absolute Gasteiger partial charge is 0.491 e. The summed E-state index contributed by atoms with van der Waals surface area (Å²) in [4.78, 5) is 9.10. The summed E-state index contributed by atoms with van der Waals surface area (Å²) in [6, 6.07) is 15.5. The molecule has 0 amide bonds. The van der Waals surface area contributed by atoms with Gasteiger partial charge in [-0.2, -0.15) is 0 Å². The van der Waals surface area contributed by atoms with E-state index in [1.165, 1.54) is 0 Å². The minimum atomic E-state index is -0.549. The van der Waals surface area contributed by atoms with E-state index in [0.29, 0.717) is 18.1 Å². The number of nitrogens with zero attached hydrogens (tertiary/aromatic N) is 4. The number of benzene rings is 2. The summed E-state index contributed by atoms with van der Waals surface area (Å²) < 4.78 is 12.5. The molecule has 7 nitrogen and oxygen atoms in total. The lowest BCUT2D eigenvalue weighted by Gasteiger charge is -2.35. The molecule has 0 bridgehead atoms. The number of β-amino-alcohol motifs (C(OH)–C–C–N with tert-alkyl or cyclic N) is 1. The molecule has 0 unspecified atom stereocenters. The lowest BCUT2D eigenvalue weighted by atomic mass is 10.1. The zero-order valence-corrected chi connectivity index (χ0v) is 20.6. The van der Waals surface area contributed by atoms with Gasteiger partial charge in [-0.05, 0) is 25.1 Å². The van der Waals surface area contributed by atoms with Crippen LogP contribution in [0.4, 0.5) is 0 Å². The van der Waals surface area contributed by atoms with Crippen molar-refractivity contribution in [1.82, 2.24) is 19.9 Å². The number of hydrogen-bond donors (Lipinski definition) is 1. The van der Waals surface area contributed by atoms with Gasteiger partial charge in [0.2, 0.25) is 0 Å². The number of piperazine rings is 1. The first-order chi connectivity index (χ1) is 16.5. The predicted octanol–water partition coefficient (Wildman–Crippen LogP) is 4.47. The van der Waals surface area contributed by atoms with E-state index in [1.54, 1.807) is 11.3 Å². The first kappa shape index (κ1) is 23.3. The molecule has 0 saturated carbocycles. The van der Waals surface area contributed by atoms with E-state index in [9.17, 15) is 5.11 Å². The lowest BCUT2D eigenvalue weighted by Crippen LogP contribution is -2.48. The van der Waals surface area contributed by atoms with Crippen LogP contribution in [0.2, 0.25) is 5.02 Å². The van der Waals surface area contributed by atoms with Crippen molar-refractivity contribution in [3.63, 3.8) is 0 Å². The number of rotatable bonds is 8. The molecule has 3 heterocycles. The van der Waals surface area contributed by atoms with Crippen LogP contribution in [0.15, 0.2) is 53.1 Å². The molecule has 2 aromatic heterocycles. The fraction of sp³-hybridized carbons (Fsp3) is 0.360. The highest BCUT2D eigenvalue weighted by Gasteiger charge is 2.21. The smallest absolute Gasteiger partial charge is 0.151 e. The van der Waals surface area contributed by atoms with Crippen LogP contribution in [-0.4, -0.2) is 70.5 Å². The van der Waals surface area contributed by atoms with E-state index in [4.69, 9.17) is 20.9 Å². The number of thiazole rings is 1. The Morgan fingerprint density at radius 3 is 2.74 bits per heavy atom. The van der Waals surface area contributed by atoms with E-state index in [1.807, 2.05) is 55.5 Å². The van der Waals surface area contributed by atoms with Crippen molar-refractivity contribution in [1.29, 1.82) is 0 Å². The Morgan fingerprint density at radius 1 is 1.12 bits per heavy atom. The number of ether oxygens (including phenoxy) is 1. The summed E-state index contributed by atoms with van der Waals surface area (Å²) in [6.45, 7) is 7.11. The molecule has 178 valence electrons. The average Bonchev–Trinajstić information content (AvgIpc) is 3.44. The minimum absolute atomic E-state index is 0.262. The molecule has 34 heavy (non-hydrogen) atoms. The second kappa shape index (κ2) is 10.4. The first-order valence-electron chi connectivity index (χ1n) is 11.4. The highest BCUT2D eigenvalue weighted by atomic mass is 35.5. The highest BCUT2D eigenvalue weighted by Crippen LogP contribution is 2.28. The van der Waals surface area contributed by atoms with Crippen molar-refractivity contribution in [3.8, 4) is 17.0 Å². The van der Waals surface area contributed by atoms with Crippen LogP contribution < -0.4 is 4.74 Å². The Hall–Kier alpha value is -2.49. The standard InChI is InChI=1S/C25H27ClN4O3S/c1-17-27-24-12-19(6-7-25(24)34-17)32-16-18(31)14-29-8-10-30(11-9-29)15-20-13-23(28-33-20)21-4-2-3-5-22(21)26/h2-7,12-13,18,31H,8-11,14-16H2,1H3/t18-/m1/s1. The Balaban J connectivity index is 1.06. The maximum Gasteiger partial charge on any atom is 0.151 e. The summed E-state index contributed by atoms with van der Waals surface area (Å²) in [5, 5.41) is 16.4. The van der Waals surface area contributed by atoms with E-state index in [-0.39, 0.29) is 6.61 Å². The van der Waals surface area contributed by atoms with E-state index in [2.05, 4.69) is 19.9 Å². The average molecular weight is 499 g/mol. The van der Waals surface area contributed by atoms with Crippen molar-refractivity contribution in [2.75, 3.05) is 39.3 Å². The van der Waals surface area contributed by atoms with Crippen molar-refractivity contribution in [2.24, 2.45) is 0 Å². The van der Waals surface area contributed by atoms with Crippen LogP contribution in [0.5, 0.6) is 5.75 Å². The molecular weight excluding hydrogens is 472 g/mol. The molecule has 0 spiro atoms. The third kappa shape index (κ3) is 5.59. The van der Waals surface area contributed by atoms with Gasteiger partial charge in [-0.25, -0.2) is 4.98 Å². The monoisotopic (exact) mass is 498 g/mol. The molecule has 4 aromatic rings. The zero-order valence-electron chi connectivity index (χ0n) is 19.0. The number of fused-ring (bicyclic) bond motifs is 1. The maximum atomic E-state index is 10.5. The number of aryl methyl sites for hydroxylation is 1. The quantitative estimate of drug-likeness (QED) is 0.384. The molecule has 0 aliphatic carbocycles. The molecular formula is C25H27ClN4O3S. The second-order valence-corrected chi connectivity index (χ2v) is 10.2. The maximum absolute atomic E-state index is 10.5. The van der Waals surface area contributed by atoms with Crippen molar-refractivity contribution >= 4 is 33.2 Å². The zero-order chi connectivity index (χ0) is 23.5. The van der Waals surface area contributed by atoms with Gasteiger partial charge in [0.1, 0.15) is 24.2 Å². The van der Waals surface area contributed by atoms with Crippen molar-refractivity contribution in [2.45, 2.75) is 19.6 Å². The van der Waals surface area contributed by atoms with Gasteiger partial charge < -0.3 is 14.4 Å². The molecule has 1 atom stereocenters. The number of hydrogen-bond acceptors (Lipinski definition) is 8. The molecule has 2 aromatic carbocycles. The van der Waals surface area contributed by atoms with Crippen LogP contribution in [0, 0.1) is 6.92 Å². The fourth-order valence-electron chi connectivity index (χ4n) is 4.19. The topological polar surface area (TPSA) is 74.9 Å². The second-order valence-electron chi connectivity index (χ2n) is 8.56. The Morgan fingerprint density at radius 2 is 1.91 bits per heavy atom. The molecule has 1 N–H and O–H groups in total. The van der Waals surface area contributed by atoms with Gasteiger partial charge in [0.25, 0.3) is 0 Å². The number of aromatic nitrogens is 2. The van der Waals surface area contributed by atoms with Gasteiger partial charge in [0.05, 0.1) is 26.8 Å². The molecule has 0 radical (unpaired) electrons. The Bertz CT molecular complexity index is 1250. The minimum Gasteiger partial charge on any atom is -0.491 e. The van der Waals surface area contributed by atoms with Crippen LogP contribution in [-0.2, 0) is 6.54 Å². The summed E-state index contributed by atoms with van der Waals surface area (Å²) in [5.41, 5.74) is 2.57. The van der Waals surface area contributed by atoms with Crippen LogP contribution in [0.25, 0.3) is 21.5 Å². The fourth-order valence-corrected chi connectivity index (χ4v) is 5.23. The van der Waals surface area contributed by atoms with Crippen LogP contribution >= 0.6 is 22.9 Å². The van der Waals surface area contributed by atoms with Crippen molar-refractivity contribution < 1.29 is 14.4 Å². The van der Waals surface area contributed by atoms with E-state index < -0.39 is 6.10 Å². The molecule has 1 saturated heterocycles. The SMILES string of the molecule is Cc1nc2cc(OC[C@H](O)CN3CCN(Cc4cc(-c5ccccc5Cl)no4)CC3)ccc2s1. The van der Waals surface area contributed by atoms with Crippen LogP contribution in [0.1, 0.15) is 10.8 Å². The van der Waals surface area contributed by atoms with Gasteiger partial charge in [-0.3, -0.25) is 9.80 Å². The molecule has 5 rings (SSSR count). The third-order valence-electron chi connectivity index (χ3n) is 5.93. The summed E-state index contributed by atoms with van der Waals surface area (Å²) >= 11 is 7.94. The summed E-state index contributed by atoms with van der Waals surface area (Å²) in [6.07, 6.45) is -0.549. The Kier molecular flexibility index (Phi) is 7.12. The summed E-state index contributed by atoms with van der Waals surface area (Å²) in [7, 11) is 0. The third-order valence-corrected chi connectivity index (χ3v) is 7.21. The van der Waals surface area contributed by atoms with E-state index in [0.717, 1.165) is 64.2 Å². The first-order valence-corrected chi connectivity index (χ1v) is 12.6. The van der Waals surface area contributed by atoms with Gasteiger partial charge in [-0.15, -0.1) is 11.3 Å². The molecule has 9 heteroatoms. The lowest BCUT2D eigenvalue weighted by molar-refractivity contribution is 0.0430. The van der Waals surface area contributed by atoms with Gasteiger partial charge in [-0.1, -0.05) is 35.0 Å². The summed E-state index contributed by atoms with van der Waals surface area (Å²) in [5.74, 6) is 1.56. The van der Waals surface area contributed by atoms with Gasteiger partial charge in [0, 0.05) is 50.4 Å². The Labute approximate surface area is 207 Å². The molecule has 1 fully saturated rings. The van der Waals surface area contributed by atoms with E-state index >= 15 is 0 Å².